The molecule has 2 aliphatic heterocycles. The highest BCUT2D eigenvalue weighted by Gasteiger charge is 2.39. The Hall–Kier alpha value is -2.97. The summed E-state index contributed by atoms with van der Waals surface area (Å²) in [6.45, 7) is 2.88. The molecule has 4 rings (SSSR count). The fourth-order valence-corrected chi connectivity index (χ4v) is 4.19. The predicted molar refractivity (Wildman–Crippen MR) is 112 cm³/mol. The molecule has 2 N–H and O–H groups in total. The van der Waals surface area contributed by atoms with Crippen molar-refractivity contribution in [2.24, 2.45) is 5.73 Å². The molecule has 2 aliphatic rings. The summed E-state index contributed by atoms with van der Waals surface area (Å²) < 4.78 is 24.3. The number of nitrogens with two attached hydrogens (primary N) is 1. The molecular weight excluding hydrogens is 401 g/mol. The van der Waals surface area contributed by atoms with E-state index >= 15 is 0 Å². The first-order chi connectivity index (χ1) is 15.0. The molecule has 2 atom stereocenters. The Morgan fingerprint density at radius 1 is 1.00 bits per heavy atom. The van der Waals surface area contributed by atoms with Crippen LogP contribution >= 0.6 is 0 Å². The second-order valence-electron chi connectivity index (χ2n) is 7.77. The van der Waals surface area contributed by atoms with Gasteiger partial charge in [-0.3, -0.25) is 14.5 Å². The van der Waals surface area contributed by atoms with E-state index in [0.29, 0.717) is 50.8 Å². The van der Waals surface area contributed by atoms with Gasteiger partial charge in [-0.05, 0) is 54.8 Å². The molecule has 2 aromatic rings. The maximum Gasteiger partial charge on any atom is 0.245 e. The minimum atomic E-state index is -0.558. The van der Waals surface area contributed by atoms with Gasteiger partial charge in [-0.25, -0.2) is 4.39 Å². The lowest BCUT2D eigenvalue weighted by molar-refractivity contribution is -0.143. The standard InChI is InChI=1S/C23H26FN3O4/c24-17-5-9-19(10-6-17)31-18-7-3-16(4-8-18)21(26-12-14-30-15-13-26)23(29)27-11-1-2-20(27)22(25)28/h3-10,20-21H,1-2,11-15H2,(H2,25,28). The summed E-state index contributed by atoms with van der Waals surface area (Å²) in [6, 6.07) is 12.0. The van der Waals surface area contributed by atoms with Crippen LogP contribution in [0, 0.1) is 5.82 Å². The van der Waals surface area contributed by atoms with E-state index in [9.17, 15) is 14.0 Å². The Balaban J connectivity index is 1.57. The first-order valence-electron chi connectivity index (χ1n) is 10.5. The number of hydrogen-bond donors (Lipinski definition) is 1. The molecule has 31 heavy (non-hydrogen) atoms. The maximum atomic E-state index is 13.5. The maximum absolute atomic E-state index is 13.5. The first kappa shape index (κ1) is 21.3. The number of amides is 2. The average molecular weight is 427 g/mol. The predicted octanol–water partition coefficient (Wildman–Crippen LogP) is 2.47. The molecule has 2 saturated heterocycles. The van der Waals surface area contributed by atoms with Gasteiger partial charge in [0.15, 0.2) is 0 Å². The minimum absolute atomic E-state index is 0.115. The lowest BCUT2D eigenvalue weighted by Crippen LogP contribution is -2.51. The summed E-state index contributed by atoms with van der Waals surface area (Å²) in [7, 11) is 0. The molecular formula is C23H26FN3O4. The zero-order valence-electron chi connectivity index (χ0n) is 17.2. The van der Waals surface area contributed by atoms with Crippen molar-refractivity contribution in [2.75, 3.05) is 32.8 Å². The van der Waals surface area contributed by atoms with Crippen molar-refractivity contribution in [2.45, 2.75) is 24.9 Å². The van der Waals surface area contributed by atoms with Crippen LogP contribution in [-0.2, 0) is 14.3 Å². The van der Waals surface area contributed by atoms with Crippen molar-refractivity contribution in [1.82, 2.24) is 9.80 Å². The van der Waals surface area contributed by atoms with Crippen molar-refractivity contribution in [1.29, 1.82) is 0 Å². The quantitative estimate of drug-likeness (QED) is 0.766. The fraction of sp³-hybridized carbons (Fsp3) is 0.391. The number of ether oxygens (including phenoxy) is 2. The Morgan fingerprint density at radius 3 is 2.23 bits per heavy atom. The molecule has 2 amide bonds. The summed E-state index contributed by atoms with van der Waals surface area (Å²) >= 11 is 0. The molecule has 2 heterocycles. The van der Waals surface area contributed by atoms with Crippen molar-refractivity contribution in [3.8, 4) is 11.5 Å². The number of carbonyl (C=O) groups is 2. The van der Waals surface area contributed by atoms with Crippen LogP contribution in [-0.4, -0.2) is 60.5 Å². The van der Waals surface area contributed by atoms with Gasteiger partial charge in [0.1, 0.15) is 29.4 Å². The molecule has 0 aliphatic carbocycles. The van der Waals surface area contributed by atoms with Crippen LogP contribution in [0.15, 0.2) is 48.5 Å². The SMILES string of the molecule is NC(=O)C1CCCN1C(=O)C(c1ccc(Oc2ccc(F)cc2)cc1)N1CCOCC1. The van der Waals surface area contributed by atoms with Crippen molar-refractivity contribution in [3.05, 3.63) is 59.9 Å². The second-order valence-corrected chi connectivity index (χ2v) is 7.77. The Morgan fingerprint density at radius 2 is 1.61 bits per heavy atom. The second kappa shape index (κ2) is 9.45. The molecule has 2 unspecified atom stereocenters. The third kappa shape index (κ3) is 4.86. The van der Waals surface area contributed by atoms with Crippen LogP contribution in [0.25, 0.3) is 0 Å². The molecule has 0 aromatic heterocycles. The number of carbonyl (C=O) groups excluding carboxylic acids is 2. The Kier molecular flexibility index (Phi) is 6.48. The summed E-state index contributed by atoms with van der Waals surface area (Å²) in [5, 5.41) is 0. The Labute approximate surface area is 180 Å². The highest BCUT2D eigenvalue weighted by atomic mass is 19.1. The van der Waals surface area contributed by atoms with E-state index in [1.54, 1.807) is 29.2 Å². The molecule has 8 heteroatoms. The van der Waals surface area contributed by atoms with E-state index in [0.717, 1.165) is 12.0 Å². The van der Waals surface area contributed by atoms with Gasteiger partial charge < -0.3 is 20.1 Å². The lowest BCUT2D eigenvalue weighted by Gasteiger charge is -2.37. The fourth-order valence-electron chi connectivity index (χ4n) is 4.19. The highest BCUT2D eigenvalue weighted by molar-refractivity contribution is 5.90. The van der Waals surface area contributed by atoms with Crippen LogP contribution in [0.5, 0.6) is 11.5 Å². The van der Waals surface area contributed by atoms with E-state index in [-0.39, 0.29) is 11.7 Å². The molecule has 2 fully saturated rings. The van der Waals surface area contributed by atoms with Gasteiger partial charge in [0, 0.05) is 19.6 Å². The van der Waals surface area contributed by atoms with E-state index in [1.807, 2.05) is 12.1 Å². The largest absolute Gasteiger partial charge is 0.457 e. The summed E-state index contributed by atoms with van der Waals surface area (Å²) in [4.78, 5) is 29.1. The monoisotopic (exact) mass is 427 g/mol. The molecule has 0 radical (unpaired) electrons. The van der Waals surface area contributed by atoms with Crippen molar-refractivity contribution >= 4 is 11.8 Å². The van der Waals surface area contributed by atoms with E-state index < -0.39 is 18.0 Å². The van der Waals surface area contributed by atoms with Gasteiger partial charge in [0.05, 0.1) is 13.2 Å². The third-order valence-electron chi connectivity index (χ3n) is 5.75. The van der Waals surface area contributed by atoms with E-state index in [2.05, 4.69) is 4.90 Å². The van der Waals surface area contributed by atoms with Crippen LogP contribution in [0.3, 0.4) is 0 Å². The number of halogens is 1. The number of rotatable bonds is 6. The molecule has 7 nitrogen and oxygen atoms in total. The van der Waals surface area contributed by atoms with Gasteiger partial charge >= 0.3 is 0 Å². The number of nitrogens with zero attached hydrogens (tertiary/aromatic N) is 2. The highest BCUT2D eigenvalue weighted by Crippen LogP contribution is 2.30. The molecule has 164 valence electrons. The van der Waals surface area contributed by atoms with Gasteiger partial charge in [0.2, 0.25) is 11.8 Å². The molecule has 2 aromatic carbocycles. The molecule has 0 saturated carbocycles. The minimum Gasteiger partial charge on any atom is -0.457 e. The number of benzene rings is 2. The van der Waals surface area contributed by atoms with Crippen molar-refractivity contribution < 1.29 is 23.5 Å². The van der Waals surface area contributed by atoms with Gasteiger partial charge in [-0.2, -0.15) is 0 Å². The average Bonchev–Trinajstić information content (AvgIpc) is 3.28. The van der Waals surface area contributed by atoms with Crippen LogP contribution in [0.2, 0.25) is 0 Å². The van der Waals surface area contributed by atoms with Crippen molar-refractivity contribution in [3.63, 3.8) is 0 Å². The van der Waals surface area contributed by atoms with E-state index in [4.69, 9.17) is 15.2 Å². The topological polar surface area (TPSA) is 85.1 Å². The first-order valence-corrected chi connectivity index (χ1v) is 10.5. The number of primary amides is 1. The van der Waals surface area contributed by atoms with Gasteiger partial charge in [-0.15, -0.1) is 0 Å². The van der Waals surface area contributed by atoms with Gasteiger partial charge in [0.25, 0.3) is 0 Å². The molecule has 0 spiro atoms. The normalized spacial score (nSPS) is 20.4. The third-order valence-corrected chi connectivity index (χ3v) is 5.75. The zero-order valence-corrected chi connectivity index (χ0v) is 17.2. The Bertz CT molecular complexity index is 913. The molecule has 0 bridgehead atoms. The number of likely N-dealkylation sites (tertiary alicyclic amines) is 1. The van der Waals surface area contributed by atoms with E-state index in [1.165, 1.54) is 12.1 Å². The number of hydrogen-bond acceptors (Lipinski definition) is 5. The summed E-state index contributed by atoms with van der Waals surface area (Å²) in [6.07, 6.45) is 1.36. The smallest absolute Gasteiger partial charge is 0.245 e. The number of morpholine rings is 1. The van der Waals surface area contributed by atoms with Crippen LogP contribution in [0.1, 0.15) is 24.4 Å². The lowest BCUT2D eigenvalue weighted by atomic mass is 10.0. The zero-order chi connectivity index (χ0) is 21.8. The van der Waals surface area contributed by atoms with Gasteiger partial charge in [-0.1, -0.05) is 12.1 Å². The summed E-state index contributed by atoms with van der Waals surface area (Å²) in [5.74, 6) is 0.201. The van der Waals surface area contributed by atoms with Crippen LogP contribution < -0.4 is 10.5 Å². The summed E-state index contributed by atoms with van der Waals surface area (Å²) in [5.41, 5.74) is 6.35. The van der Waals surface area contributed by atoms with Crippen LogP contribution in [0.4, 0.5) is 4.39 Å².